The van der Waals surface area contributed by atoms with Crippen molar-refractivity contribution in [2.24, 2.45) is 0 Å². The summed E-state index contributed by atoms with van der Waals surface area (Å²) in [6.07, 6.45) is -0.698. The number of nitrogens with zero attached hydrogens (tertiary/aromatic N) is 1. The molecule has 0 aliphatic rings. The van der Waals surface area contributed by atoms with E-state index in [0.29, 0.717) is 9.13 Å². The molecule has 0 saturated heterocycles. The van der Waals surface area contributed by atoms with Crippen molar-refractivity contribution < 1.29 is 29.0 Å². The zero-order valence-corrected chi connectivity index (χ0v) is 18.4. The van der Waals surface area contributed by atoms with Gasteiger partial charge in [-0.05, 0) is 68.0 Å². The summed E-state index contributed by atoms with van der Waals surface area (Å²) in [5.74, 6) is -1.13. The van der Waals surface area contributed by atoms with Gasteiger partial charge in [-0.1, -0.05) is 6.07 Å². The number of amides is 2. The molecule has 1 aromatic carbocycles. The number of aromatic hydroxyl groups is 1. The smallest absolute Gasteiger partial charge is 0.410 e. The maximum atomic E-state index is 12.8. The van der Waals surface area contributed by atoms with Gasteiger partial charge in [-0.15, -0.1) is 0 Å². The molecule has 0 radical (unpaired) electrons. The van der Waals surface area contributed by atoms with Crippen LogP contribution in [0.15, 0.2) is 18.2 Å². The van der Waals surface area contributed by atoms with Crippen molar-refractivity contribution in [3.8, 4) is 5.75 Å². The maximum Gasteiger partial charge on any atom is 0.410 e. The molecule has 0 aliphatic carbocycles. The number of esters is 1. The van der Waals surface area contributed by atoms with Crippen molar-refractivity contribution in [3.63, 3.8) is 0 Å². The largest absolute Gasteiger partial charge is 0.507 e. The average Bonchev–Trinajstić information content (AvgIpc) is 2.55. The number of carbonyl (C=O) groups is 3. The highest BCUT2D eigenvalue weighted by molar-refractivity contribution is 14.1. The Morgan fingerprint density at radius 2 is 1.85 bits per heavy atom. The van der Waals surface area contributed by atoms with Crippen LogP contribution < -0.4 is 5.32 Å². The third kappa shape index (κ3) is 6.56. The first kappa shape index (κ1) is 23.0. The molecule has 1 rings (SSSR count). The number of phenolic OH excluding ortho intramolecular Hbond substituents is 1. The van der Waals surface area contributed by atoms with Gasteiger partial charge in [0.05, 0.1) is 10.7 Å². The van der Waals surface area contributed by atoms with Crippen molar-refractivity contribution in [1.82, 2.24) is 10.2 Å². The van der Waals surface area contributed by atoms with Gasteiger partial charge in [-0.2, -0.15) is 0 Å². The molecule has 0 aromatic heterocycles. The number of nitrogens with one attached hydrogen (secondary N) is 1. The van der Waals surface area contributed by atoms with Crippen molar-refractivity contribution >= 4 is 40.6 Å². The highest BCUT2D eigenvalue weighted by Crippen LogP contribution is 2.28. The second-order valence-corrected chi connectivity index (χ2v) is 8.12. The number of phenols is 1. The summed E-state index contributed by atoms with van der Waals surface area (Å²) in [4.78, 5) is 38.1. The molecule has 2 amide bonds. The molecule has 0 unspecified atom stereocenters. The summed E-state index contributed by atoms with van der Waals surface area (Å²) in [5.41, 5.74) is -0.283. The molecule has 1 aromatic rings. The SMILES string of the molecule is COC(=O)[C@H](C)NC(=O)[C@H](c1ccc(O)c(I)c1)N(C)C(=O)OC(C)(C)C. The number of methoxy groups -OCH3 is 1. The van der Waals surface area contributed by atoms with Crippen molar-refractivity contribution in [2.75, 3.05) is 14.2 Å². The van der Waals surface area contributed by atoms with Crippen molar-refractivity contribution in [1.29, 1.82) is 0 Å². The number of likely N-dealkylation sites (N-methyl/N-ethyl adjacent to an activating group) is 1. The normalized spacial score (nSPS) is 13.3. The molecule has 0 saturated carbocycles. The van der Waals surface area contributed by atoms with E-state index in [2.05, 4.69) is 10.1 Å². The lowest BCUT2D eigenvalue weighted by atomic mass is 10.0. The second-order valence-electron chi connectivity index (χ2n) is 6.96. The molecule has 2 N–H and O–H groups in total. The summed E-state index contributed by atoms with van der Waals surface area (Å²) in [7, 11) is 2.65. The molecule has 150 valence electrons. The molecule has 0 fully saturated rings. The molecule has 0 aliphatic heterocycles. The van der Waals surface area contributed by atoms with Crippen LogP contribution in [0.3, 0.4) is 0 Å². The van der Waals surface area contributed by atoms with E-state index in [1.54, 1.807) is 26.8 Å². The minimum absolute atomic E-state index is 0.0568. The summed E-state index contributed by atoms with van der Waals surface area (Å²) < 4.78 is 10.5. The van der Waals surface area contributed by atoms with Crippen LogP contribution >= 0.6 is 22.6 Å². The minimum atomic E-state index is -1.07. The third-order valence-corrected chi connectivity index (χ3v) is 4.38. The lowest BCUT2D eigenvalue weighted by molar-refractivity contribution is -0.145. The van der Waals surface area contributed by atoms with Crippen LogP contribution in [0.4, 0.5) is 4.79 Å². The van der Waals surface area contributed by atoms with E-state index in [4.69, 9.17) is 4.74 Å². The molecule has 8 nitrogen and oxygen atoms in total. The van der Waals surface area contributed by atoms with Gasteiger partial charge in [0.1, 0.15) is 23.4 Å². The van der Waals surface area contributed by atoms with E-state index in [1.807, 2.05) is 22.6 Å². The van der Waals surface area contributed by atoms with Crippen LogP contribution in [-0.2, 0) is 19.1 Å². The van der Waals surface area contributed by atoms with Crippen LogP contribution in [0, 0.1) is 3.57 Å². The fourth-order valence-electron chi connectivity index (χ4n) is 2.21. The van der Waals surface area contributed by atoms with Crippen LogP contribution in [0.5, 0.6) is 5.75 Å². The number of rotatable bonds is 5. The Labute approximate surface area is 172 Å². The number of halogens is 1. The van der Waals surface area contributed by atoms with Gasteiger partial charge in [-0.3, -0.25) is 9.69 Å². The van der Waals surface area contributed by atoms with Gasteiger partial charge < -0.3 is 19.9 Å². The van der Waals surface area contributed by atoms with Crippen LogP contribution in [-0.4, -0.2) is 53.8 Å². The Morgan fingerprint density at radius 1 is 1.26 bits per heavy atom. The summed E-state index contributed by atoms with van der Waals surface area (Å²) in [5, 5.41) is 12.3. The average molecular weight is 492 g/mol. The highest BCUT2D eigenvalue weighted by Gasteiger charge is 2.33. The van der Waals surface area contributed by atoms with E-state index in [1.165, 1.54) is 33.2 Å². The van der Waals surface area contributed by atoms with Crippen LogP contribution in [0.25, 0.3) is 0 Å². The highest BCUT2D eigenvalue weighted by atomic mass is 127. The van der Waals surface area contributed by atoms with Crippen LogP contribution in [0.1, 0.15) is 39.3 Å². The first-order valence-electron chi connectivity index (χ1n) is 8.19. The van der Waals surface area contributed by atoms with E-state index in [9.17, 15) is 19.5 Å². The zero-order chi connectivity index (χ0) is 20.9. The second kappa shape index (κ2) is 9.25. The molecule has 27 heavy (non-hydrogen) atoms. The van der Waals surface area contributed by atoms with E-state index in [0.717, 1.165) is 4.90 Å². The number of hydrogen-bond donors (Lipinski definition) is 2. The topological polar surface area (TPSA) is 105 Å². The minimum Gasteiger partial charge on any atom is -0.507 e. The van der Waals surface area contributed by atoms with Gasteiger partial charge in [0.2, 0.25) is 5.91 Å². The molecule has 0 spiro atoms. The quantitative estimate of drug-likeness (QED) is 0.484. The van der Waals surface area contributed by atoms with E-state index >= 15 is 0 Å². The van der Waals surface area contributed by atoms with Gasteiger partial charge in [0.15, 0.2) is 0 Å². The lowest BCUT2D eigenvalue weighted by Crippen LogP contribution is -2.47. The van der Waals surface area contributed by atoms with E-state index < -0.39 is 35.7 Å². The predicted octanol–water partition coefficient (Wildman–Crippen LogP) is 2.58. The molecule has 9 heteroatoms. The van der Waals surface area contributed by atoms with Gasteiger partial charge in [0, 0.05) is 7.05 Å². The van der Waals surface area contributed by atoms with Crippen molar-refractivity contribution in [3.05, 3.63) is 27.3 Å². The first-order chi connectivity index (χ1) is 12.4. The number of carbonyl (C=O) groups excluding carboxylic acids is 3. The third-order valence-electron chi connectivity index (χ3n) is 3.52. The molecular weight excluding hydrogens is 467 g/mol. The molecule has 0 heterocycles. The number of hydrogen-bond acceptors (Lipinski definition) is 6. The number of ether oxygens (including phenoxy) is 2. The first-order valence-corrected chi connectivity index (χ1v) is 9.27. The lowest BCUT2D eigenvalue weighted by Gasteiger charge is -2.31. The Kier molecular flexibility index (Phi) is 7.88. The fourth-order valence-corrected chi connectivity index (χ4v) is 2.75. The Balaban J connectivity index is 3.22. The van der Waals surface area contributed by atoms with Crippen molar-refractivity contribution in [2.45, 2.75) is 45.4 Å². The Morgan fingerprint density at radius 3 is 2.33 bits per heavy atom. The number of benzene rings is 1. The zero-order valence-electron chi connectivity index (χ0n) is 16.2. The van der Waals surface area contributed by atoms with Gasteiger partial charge in [-0.25, -0.2) is 9.59 Å². The van der Waals surface area contributed by atoms with E-state index in [-0.39, 0.29) is 5.75 Å². The van der Waals surface area contributed by atoms with Gasteiger partial charge in [0.25, 0.3) is 0 Å². The van der Waals surface area contributed by atoms with Crippen LogP contribution in [0.2, 0.25) is 0 Å². The van der Waals surface area contributed by atoms with Gasteiger partial charge >= 0.3 is 12.1 Å². The summed E-state index contributed by atoms with van der Waals surface area (Å²) in [6.45, 7) is 6.64. The molecular formula is C18H25IN2O6. The molecule has 0 bridgehead atoms. The predicted molar refractivity (Wildman–Crippen MR) is 107 cm³/mol. The summed E-state index contributed by atoms with van der Waals surface area (Å²) >= 11 is 1.92. The maximum absolute atomic E-state index is 12.8. The monoisotopic (exact) mass is 492 g/mol. The Bertz CT molecular complexity index is 716. The molecule has 2 atom stereocenters. The Hall–Kier alpha value is -2.04. The summed E-state index contributed by atoms with van der Waals surface area (Å²) in [6, 6.07) is 2.59. The fraction of sp³-hybridized carbons (Fsp3) is 0.500. The standard InChI is InChI=1S/C18H25IN2O6/c1-10(16(24)26-6)20-15(23)14(11-7-8-13(22)12(19)9-11)21(5)17(25)27-18(2,3)4/h7-10,14,22H,1-6H3,(H,20,23)/t10-,14-/m0/s1.